The maximum atomic E-state index is 11.1. The van der Waals surface area contributed by atoms with Crippen molar-refractivity contribution >= 4 is 23.4 Å². The van der Waals surface area contributed by atoms with Crippen molar-refractivity contribution < 1.29 is 24.2 Å². The topological polar surface area (TPSA) is 137 Å². The van der Waals surface area contributed by atoms with Gasteiger partial charge in [-0.1, -0.05) is 0 Å². The van der Waals surface area contributed by atoms with E-state index in [2.05, 4.69) is 0 Å². The lowest BCUT2D eigenvalue weighted by molar-refractivity contribution is -0.385. The van der Waals surface area contributed by atoms with Crippen molar-refractivity contribution in [3.63, 3.8) is 0 Å². The van der Waals surface area contributed by atoms with Crippen molar-refractivity contribution in [2.45, 2.75) is 13.8 Å². The number of carboxylic acid groups (broad SMARTS) is 1. The molecule has 9 heteroatoms. The Morgan fingerprint density at radius 2 is 1.47 bits per heavy atom. The summed E-state index contributed by atoms with van der Waals surface area (Å²) in [6, 6.07) is 10.7. The Bertz CT molecular complexity index is 1130. The summed E-state index contributed by atoms with van der Waals surface area (Å²) in [7, 11) is 0. The van der Waals surface area contributed by atoms with Gasteiger partial charge < -0.3 is 9.52 Å². The smallest absolute Gasteiger partial charge is 0.328 e. The van der Waals surface area contributed by atoms with Crippen molar-refractivity contribution in [2.24, 2.45) is 0 Å². The third kappa shape index (κ3) is 4.09. The van der Waals surface area contributed by atoms with Crippen LogP contribution in [0.25, 0.3) is 28.5 Å². The molecule has 0 saturated carbocycles. The van der Waals surface area contributed by atoms with Crippen molar-refractivity contribution in [3.05, 3.63) is 85.7 Å². The molecule has 0 unspecified atom stereocenters. The van der Waals surface area contributed by atoms with Gasteiger partial charge in [0.25, 0.3) is 11.4 Å². The molecular weight excluding hydrogens is 392 g/mol. The Balaban J connectivity index is 2.18. The first kappa shape index (κ1) is 20.5. The number of nitrogens with zero attached hydrogens (tertiary/aromatic N) is 2. The number of nitro groups is 2. The molecule has 0 aliphatic heterocycles. The van der Waals surface area contributed by atoms with Crippen molar-refractivity contribution in [1.82, 2.24) is 0 Å². The van der Waals surface area contributed by atoms with Crippen LogP contribution in [0.1, 0.15) is 16.9 Å². The Kier molecular flexibility index (Phi) is 5.45. The van der Waals surface area contributed by atoms with Crippen LogP contribution in [-0.2, 0) is 4.79 Å². The van der Waals surface area contributed by atoms with E-state index in [4.69, 9.17) is 9.52 Å². The van der Waals surface area contributed by atoms with E-state index >= 15 is 0 Å². The summed E-state index contributed by atoms with van der Waals surface area (Å²) < 4.78 is 5.82. The highest BCUT2D eigenvalue weighted by Gasteiger charge is 2.19. The molecule has 9 nitrogen and oxygen atoms in total. The Morgan fingerprint density at radius 3 is 1.97 bits per heavy atom. The van der Waals surface area contributed by atoms with Gasteiger partial charge in [0.1, 0.15) is 11.5 Å². The minimum Gasteiger partial charge on any atom is -0.478 e. The SMILES string of the molecule is Cc1cc(-c2cc(/C=C/C(=O)O)oc2-c2ccc([N+](=O)[O-])c(C)c2)ccc1[N+](=O)[O-]. The molecule has 0 atom stereocenters. The predicted octanol–water partition coefficient (Wildman–Crippen LogP) is 5.14. The van der Waals surface area contributed by atoms with Gasteiger partial charge in [0.2, 0.25) is 0 Å². The lowest BCUT2D eigenvalue weighted by Gasteiger charge is -2.06. The summed E-state index contributed by atoms with van der Waals surface area (Å²) in [6.45, 7) is 3.22. The maximum Gasteiger partial charge on any atom is 0.328 e. The van der Waals surface area contributed by atoms with E-state index in [1.54, 1.807) is 38.1 Å². The zero-order valence-corrected chi connectivity index (χ0v) is 16.0. The zero-order valence-electron chi connectivity index (χ0n) is 16.0. The van der Waals surface area contributed by atoms with Crippen LogP contribution >= 0.6 is 0 Å². The number of carbonyl (C=O) groups is 1. The van der Waals surface area contributed by atoms with Crippen molar-refractivity contribution in [3.8, 4) is 22.5 Å². The second-order valence-corrected chi connectivity index (χ2v) is 6.58. The molecule has 0 amide bonds. The number of hydrogen-bond donors (Lipinski definition) is 1. The lowest BCUT2D eigenvalue weighted by Crippen LogP contribution is -1.93. The summed E-state index contributed by atoms with van der Waals surface area (Å²) in [5.41, 5.74) is 2.58. The average molecular weight is 408 g/mol. The molecule has 30 heavy (non-hydrogen) atoms. The van der Waals surface area contributed by atoms with E-state index < -0.39 is 15.8 Å². The first-order valence-corrected chi connectivity index (χ1v) is 8.73. The zero-order chi connectivity index (χ0) is 22.0. The Labute approximate surface area is 170 Å². The standard InChI is InChI=1S/C21H16N2O7/c1-12-9-14(3-6-18(12)22(26)27)17-11-16(5-8-20(24)25)30-21(17)15-4-7-19(23(28)29)13(2)10-15/h3-11H,1-2H3,(H,24,25)/b8-5+. The molecule has 0 radical (unpaired) electrons. The molecule has 0 fully saturated rings. The largest absolute Gasteiger partial charge is 0.478 e. The first-order chi connectivity index (χ1) is 14.2. The number of hydrogen-bond acceptors (Lipinski definition) is 6. The van der Waals surface area contributed by atoms with Gasteiger partial charge >= 0.3 is 5.97 Å². The van der Waals surface area contributed by atoms with Crippen LogP contribution in [-0.4, -0.2) is 20.9 Å². The number of aryl methyl sites for hydroxylation is 2. The minimum atomic E-state index is -1.15. The van der Waals surface area contributed by atoms with Crippen molar-refractivity contribution in [1.29, 1.82) is 0 Å². The Hall–Kier alpha value is -4.27. The number of carboxylic acids is 1. The number of aliphatic carboxylic acids is 1. The summed E-state index contributed by atoms with van der Waals surface area (Å²) in [4.78, 5) is 32.1. The monoisotopic (exact) mass is 408 g/mol. The van der Waals surface area contributed by atoms with Crippen LogP contribution in [0.2, 0.25) is 0 Å². The molecule has 1 aromatic heterocycles. The fraction of sp³-hybridized carbons (Fsp3) is 0.0952. The molecule has 0 spiro atoms. The second kappa shape index (κ2) is 8.00. The fourth-order valence-electron chi connectivity index (χ4n) is 3.10. The fourth-order valence-corrected chi connectivity index (χ4v) is 3.10. The van der Waals surface area contributed by atoms with E-state index in [1.807, 2.05) is 0 Å². The predicted molar refractivity (Wildman–Crippen MR) is 109 cm³/mol. The number of nitro benzene ring substituents is 2. The van der Waals surface area contributed by atoms with Crippen LogP contribution < -0.4 is 0 Å². The quantitative estimate of drug-likeness (QED) is 0.338. The normalized spacial score (nSPS) is 11.0. The van der Waals surface area contributed by atoms with Gasteiger partial charge in [-0.3, -0.25) is 20.2 Å². The first-order valence-electron chi connectivity index (χ1n) is 8.73. The molecule has 0 aliphatic rings. The maximum absolute atomic E-state index is 11.1. The summed E-state index contributed by atoms with van der Waals surface area (Å²) >= 11 is 0. The highest BCUT2D eigenvalue weighted by molar-refractivity contribution is 5.87. The van der Waals surface area contributed by atoms with Gasteiger partial charge in [0.05, 0.1) is 9.85 Å². The van der Waals surface area contributed by atoms with Gasteiger partial charge in [0.15, 0.2) is 0 Å². The van der Waals surface area contributed by atoms with Crippen LogP contribution in [0.5, 0.6) is 0 Å². The molecule has 0 saturated heterocycles. The van der Waals surface area contributed by atoms with Gasteiger partial charge in [-0.15, -0.1) is 0 Å². The molecular formula is C21H16N2O7. The summed E-state index contributed by atoms with van der Waals surface area (Å²) in [5, 5.41) is 31.1. The summed E-state index contributed by atoms with van der Waals surface area (Å²) in [6.07, 6.45) is 2.21. The van der Waals surface area contributed by atoms with Gasteiger partial charge in [0, 0.05) is 40.5 Å². The molecule has 1 heterocycles. The molecule has 3 aromatic rings. The van der Waals surface area contributed by atoms with Crippen LogP contribution in [0.3, 0.4) is 0 Å². The molecule has 0 bridgehead atoms. The third-order valence-corrected chi connectivity index (χ3v) is 4.50. The van der Waals surface area contributed by atoms with Crippen LogP contribution in [0.15, 0.2) is 53.0 Å². The highest BCUT2D eigenvalue weighted by Crippen LogP contribution is 2.38. The van der Waals surface area contributed by atoms with Gasteiger partial charge in [-0.25, -0.2) is 4.79 Å². The van der Waals surface area contributed by atoms with Crippen molar-refractivity contribution in [2.75, 3.05) is 0 Å². The van der Waals surface area contributed by atoms with Crippen LogP contribution in [0, 0.1) is 34.1 Å². The van der Waals surface area contributed by atoms with E-state index in [-0.39, 0.29) is 17.1 Å². The van der Waals surface area contributed by atoms with E-state index in [1.165, 1.54) is 24.3 Å². The number of furan rings is 1. The molecule has 1 N–H and O–H groups in total. The van der Waals surface area contributed by atoms with Gasteiger partial charge in [-0.2, -0.15) is 0 Å². The van der Waals surface area contributed by atoms with Gasteiger partial charge in [-0.05, 0) is 55.8 Å². The molecule has 0 aliphatic carbocycles. The van der Waals surface area contributed by atoms with E-state index in [9.17, 15) is 25.0 Å². The number of rotatable bonds is 6. The second-order valence-electron chi connectivity index (χ2n) is 6.58. The molecule has 2 aromatic carbocycles. The summed E-state index contributed by atoms with van der Waals surface area (Å²) in [5.74, 6) is -0.521. The molecule has 152 valence electrons. The average Bonchev–Trinajstić information content (AvgIpc) is 3.10. The Morgan fingerprint density at radius 1 is 0.933 bits per heavy atom. The van der Waals surface area contributed by atoms with E-state index in [0.29, 0.717) is 33.6 Å². The number of benzene rings is 2. The minimum absolute atomic E-state index is 0.0269. The molecule has 3 rings (SSSR count). The highest BCUT2D eigenvalue weighted by atomic mass is 16.6. The third-order valence-electron chi connectivity index (χ3n) is 4.50. The lowest BCUT2D eigenvalue weighted by atomic mass is 9.98. The van der Waals surface area contributed by atoms with E-state index in [0.717, 1.165) is 6.08 Å². The van der Waals surface area contributed by atoms with Crippen LogP contribution in [0.4, 0.5) is 11.4 Å².